The van der Waals surface area contributed by atoms with E-state index in [0.29, 0.717) is 12.4 Å². The molecule has 1 aromatic carbocycles. The second kappa shape index (κ2) is 8.25. The van der Waals surface area contributed by atoms with Crippen molar-refractivity contribution in [2.24, 2.45) is 0 Å². The maximum Gasteiger partial charge on any atom is 0.331 e. The minimum atomic E-state index is -0.482. The third kappa shape index (κ3) is 4.77. The second-order valence-corrected chi connectivity index (χ2v) is 5.75. The van der Waals surface area contributed by atoms with Crippen LogP contribution in [0.5, 0.6) is 5.75 Å². The summed E-state index contributed by atoms with van der Waals surface area (Å²) in [6, 6.07) is 9.31. The van der Waals surface area contributed by atoms with Crippen LogP contribution in [0.1, 0.15) is 18.4 Å². The fourth-order valence-electron chi connectivity index (χ4n) is 2.01. The first-order valence-corrected chi connectivity index (χ1v) is 8.61. The molecule has 0 saturated heterocycles. The number of rotatable bonds is 7. The number of carbonyl (C=O) groups excluding carboxylic acids is 1. The predicted octanol–water partition coefficient (Wildman–Crippen LogP) is 3.95. The van der Waals surface area contributed by atoms with Gasteiger partial charge in [-0.3, -0.25) is 0 Å². The molecule has 0 aliphatic carbocycles. The third-order valence-electron chi connectivity index (χ3n) is 3.19. The van der Waals surface area contributed by atoms with Crippen LogP contribution in [0.25, 0.3) is 17.5 Å². The number of ether oxygens (including phenoxy) is 2. The molecule has 128 valence electrons. The van der Waals surface area contributed by atoms with E-state index in [1.54, 1.807) is 17.4 Å². The van der Waals surface area contributed by atoms with E-state index in [0.717, 1.165) is 16.9 Å². The van der Waals surface area contributed by atoms with Gasteiger partial charge in [0.15, 0.2) is 6.61 Å². The Bertz CT molecular complexity index is 838. The number of carbonyl (C=O) groups is 1. The fourth-order valence-corrected chi connectivity index (χ4v) is 2.64. The summed E-state index contributed by atoms with van der Waals surface area (Å²) in [5.74, 6) is 1.05. The predicted molar refractivity (Wildman–Crippen MR) is 94.1 cm³/mol. The molecule has 0 fully saturated rings. The average molecular weight is 356 g/mol. The zero-order chi connectivity index (χ0) is 17.5. The highest BCUT2D eigenvalue weighted by Gasteiger charge is 2.10. The van der Waals surface area contributed by atoms with Crippen molar-refractivity contribution in [3.05, 3.63) is 58.6 Å². The number of hydrogen-bond acceptors (Lipinski definition) is 7. The molecule has 0 unspecified atom stereocenters. The SMILES string of the molecule is CCOc1ccc(/C=C/C(=O)OCc2nc(-c3ccsc3)no2)cc1. The molecule has 25 heavy (non-hydrogen) atoms. The van der Waals surface area contributed by atoms with Crippen LogP contribution in [0, 0.1) is 0 Å². The van der Waals surface area contributed by atoms with Crippen LogP contribution in [0.3, 0.4) is 0 Å². The molecule has 2 heterocycles. The van der Waals surface area contributed by atoms with Crippen molar-refractivity contribution in [3.8, 4) is 17.1 Å². The number of benzene rings is 1. The van der Waals surface area contributed by atoms with Crippen LogP contribution >= 0.6 is 11.3 Å². The zero-order valence-corrected chi connectivity index (χ0v) is 14.4. The number of thiophene rings is 1. The van der Waals surface area contributed by atoms with Crippen molar-refractivity contribution in [2.75, 3.05) is 6.61 Å². The highest BCUT2D eigenvalue weighted by molar-refractivity contribution is 7.08. The molecule has 0 amide bonds. The number of hydrogen-bond donors (Lipinski definition) is 0. The molecule has 0 N–H and O–H groups in total. The molecule has 0 aliphatic rings. The maximum absolute atomic E-state index is 11.8. The van der Waals surface area contributed by atoms with E-state index in [9.17, 15) is 4.79 Å². The van der Waals surface area contributed by atoms with Gasteiger partial charge in [-0.05, 0) is 42.1 Å². The number of aromatic nitrogens is 2. The highest BCUT2D eigenvalue weighted by Crippen LogP contribution is 2.19. The number of esters is 1. The lowest BCUT2D eigenvalue weighted by Gasteiger charge is -2.02. The van der Waals surface area contributed by atoms with Gasteiger partial charge in [-0.15, -0.1) is 0 Å². The van der Waals surface area contributed by atoms with Crippen LogP contribution < -0.4 is 4.74 Å². The second-order valence-electron chi connectivity index (χ2n) is 4.97. The van der Waals surface area contributed by atoms with Crippen molar-refractivity contribution >= 4 is 23.4 Å². The van der Waals surface area contributed by atoms with E-state index < -0.39 is 5.97 Å². The molecule has 7 heteroatoms. The summed E-state index contributed by atoms with van der Waals surface area (Å²) in [6.07, 6.45) is 3.02. The van der Waals surface area contributed by atoms with Gasteiger partial charge in [-0.2, -0.15) is 16.3 Å². The third-order valence-corrected chi connectivity index (χ3v) is 3.87. The Balaban J connectivity index is 1.51. The standard InChI is InChI=1S/C18H16N2O4S/c1-2-22-15-6-3-13(4-7-15)5-8-17(21)23-11-16-19-18(20-24-16)14-9-10-25-12-14/h3-10,12H,2,11H2,1H3/b8-5+. The molecule has 0 atom stereocenters. The van der Waals surface area contributed by atoms with E-state index >= 15 is 0 Å². The van der Waals surface area contributed by atoms with Gasteiger partial charge in [0.25, 0.3) is 5.89 Å². The van der Waals surface area contributed by atoms with Crippen LogP contribution in [0.2, 0.25) is 0 Å². The van der Waals surface area contributed by atoms with Gasteiger partial charge >= 0.3 is 5.97 Å². The van der Waals surface area contributed by atoms with Crippen molar-refractivity contribution in [3.63, 3.8) is 0 Å². The molecular formula is C18H16N2O4S. The minimum Gasteiger partial charge on any atom is -0.494 e. The molecule has 0 saturated carbocycles. The highest BCUT2D eigenvalue weighted by atomic mass is 32.1. The summed E-state index contributed by atoms with van der Waals surface area (Å²) in [4.78, 5) is 16.0. The minimum absolute atomic E-state index is 0.0659. The Kier molecular flexibility index (Phi) is 5.58. The van der Waals surface area contributed by atoms with Crippen molar-refractivity contribution in [2.45, 2.75) is 13.5 Å². The first-order valence-electron chi connectivity index (χ1n) is 7.67. The van der Waals surface area contributed by atoms with Crippen LogP contribution in [0.4, 0.5) is 0 Å². The summed E-state index contributed by atoms with van der Waals surface area (Å²) in [5.41, 5.74) is 1.75. The summed E-state index contributed by atoms with van der Waals surface area (Å²) < 4.78 is 15.5. The Morgan fingerprint density at radius 3 is 2.84 bits per heavy atom. The fraction of sp³-hybridized carbons (Fsp3) is 0.167. The van der Waals surface area contributed by atoms with Gasteiger partial charge in [0.05, 0.1) is 6.61 Å². The van der Waals surface area contributed by atoms with Crippen molar-refractivity contribution in [1.29, 1.82) is 0 Å². The lowest BCUT2D eigenvalue weighted by Crippen LogP contribution is -2.00. The van der Waals surface area contributed by atoms with Crippen LogP contribution in [-0.4, -0.2) is 22.7 Å². The Hall–Kier alpha value is -2.93. The van der Waals surface area contributed by atoms with E-state index in [1.165, 1.54) is 6.08 Å². The average Bonchev–Trinajstić information content (AvgIpc) is 3.31. The molecule has 3 aromatic rings. The molecule has 0 aliphatic heterocycles. The smallest absolute Gasteiger partial charge is 0.331 e. The van der Waals surface area contributed by atoms with Gasteiger partial charge in [0, 0.05) is 17.0 Å². The summed E-state index contributed by atoms with van der Waals surface area (Å²) >= 11 is 1.55. The maximum atomic E-state index is 11.8. The molecule has 2 aromatic heterocycles. The Labute approximate surface area is 148 Å². The Morgan fingerprint density at radius 1 is 1.28 bits per heavy atom. The van der Waals surface area contributed by atoms with E-state index in [2.05, 4.69) is 10.1 Å². The summed E-state index contributed by atoms with van der Waals surface area (Å²) in [5, 5.41) is 7.70. The quantitative estimate of drug-likeness (QED) is 0.471. The first-order chi connectivity index (χ1) is 12.2. The van der Waals surface area contributed by atoms with Crippen molar-refractivity contribution in [1.82, 2.24) is 10.1 Å². The number of nitrogens with zero attached hydrogens (tertiary/aromatic N) is 2. The molecule has 3 rings (SSSR count). The zero-order valence-electron chi connectivity index (χ0n) is 13.5. The van der Waals surface area contributed by atoms with E-state index in [-0.39, 0.29) is 12.5 Å². The van der Waals surface area contributed by atoms with Crippen LogP contribution in [0.15, 0.2) is 51.7 Å². The normalized spacial score (nSPS) is 10.9. The molecule has 6 nitrogen and oxygen atoms in total. The molecule has 0 spiro atoms. The molecule has 0 bridgehead atoms. The van der Waals surface area contributed by atoms with E-state index in [4.69, 9.17) is 14.0 Å². The van der Waals surface area contributed by atoms with Gasteiger partial charge in [0.1, 0.15) is 5.75 Å². The summed E-state index contributed by atoms with van der Waals surface area (Å²) in [7, 11) is 0. The van der Waals surface area contributed by atoms with Crippen molar-refractivity contribution < 1.29 is 18.8 Å². The van der Waals surface area contributed by atoms with Gasteiger partial charge in [-0.25, -0.2) is 4.79 Å². The first kappa shape index (κ1) is 16.9. The van der Waals surface area contributed by atoms with Crippen LogP contribution in [-0.2, 0) is 16.1 Å². The van der Waals surface area contributed by atoms with Gasteiger partial charge in [0.2, 0.25) is 5.82 Å². The largest absolute Gasteiger partial charge is 0.494 e. The monoisotopic (exact) mass is 356 g/mol. The lowest BCUT2D eigenvalue weighted by molar-refractivity contribution is -0.139. The summed E-state index contributed by atoms with van der Waals surface area (Å²) in [6.45, 7) is 2.48. The lowest BCUT2D eigenvalue weighted by atomic mass is 10.2. The molecular weight excluding hydrogens is 340 g/mol. The topological polar surface area (TPSA) is 74.5 Å². The molecule has 0 radical (unpaired) electrons. The van der Waals surface area contributed by atoms with Gasteiger partial charge < -0.3 is 14.0 Å². The van der Waals surface area contributed by atoms with Gasteiger partial charge in [-0.1, -0.05) is 17.3 Å². The Morgan fingerprint density at radius 2 is 2.12 bits per heavy atom. The van der Waals surface area contributed by atoms with E-state index in [1.807, 2.05) is 48.0 Å².